The third-order valence-electron chi connectivity index (χ3n) is 10.7. The molecule has 11 rings (SSSR count). The van der Waals surface area contributed by atoms with Crippen molar-refractivity contribution in [3.8, 4) is 51.1 Å². The van der Waals surface area contributed by atoms with Gasteiger partial charge in [0.2, 0.25) is 0 Å². The van der Waals surface area contributed by atoms with Crippen molar-refractivity contribution in [3.05, 3.63) is 199 Å². The Morgan fingerprint density at radius 1 is 0.442 bits per heavy atom. The van der Waals surface area contributed by atoms with Crippen molar-refractivity contribution in [2.45, 2.75) is 5.41 Å². The Labute approximate surface area is 300 Å². The van der Waals surface area contributed by atoms with Gasteiger partial charge in [-0.1, -0.05) is 91.0 Å². The SMILES string of the molecule is c1cncc(-c2cc(-c3ccc4c(c3)Oc3ccccc3C43c4ccccc4Oc4cc(-n5c6ccccc6c6ccccc65)ccc43)ccn2)c1. The minimum atomic E-state index is -0.689. The van der Waals surface area contributed by atoms with Gasteiger partial charge in [0.25, 0.3) is 0 Å². The molecule has 0 saturated heterocycles. The summed E-state index contributed by atoms with van der Waals surface area (Å²) in [4.78, 5) is 8.95. The summed E-state index contributed by atoms with van der Waals surface area (Å²) >= 11 is 0. The summed E-state index contributed by atoms with van der Waals surface area (Å²) in [5.74, 6) is 3.29. The third-order valence-corrected chi connectivity index (χ3v) is 10.7. The molecule has 0 fully saturated rings. The maximum Gasteiger partial charge on any atom is 0.134 e. The van der Waals surface area contributed by atoms with Crippen molar-refractivity contribution < 1.29 is 9.47 Å². The first-order valence-electron chi connectivity index (χ1n) is 17.5. The van der Waals surface area contributed by atoms with Crippen LogP contribution in [0.5, 0.6) is 23.0 Å². The van der Waals surface area contributed by atoms with Gasteiger partial charge < -0.3 is 14.0 Å². The molecule has 9 aromatic rings. The van der Waals surface area contributed by atoms with Gasteiger partial charge in [-0.25, -0.2) is 0 Å². The average Bonchev–Trinajstić information content (AvgIpc) is 3.55. The molecule has 2 aliphatic rings. The Bertz CT molecular complexity index is 2810. The second kappa shape index (κ2) is 11.0. The van der Waals surface area contributed by atoms with E-state index in [4.69, 9.17) is 9.47 Å². The molecule has 0 saturated carbocycles. The lowest BCUT2D eigenvalue weighted by atomic mass is 9.62. The van der Waals surface area contributed by atoms with Crippen molar-refractivity contribution in [3.63, 3.8) is 0 Å². The van der Waals surface area contributed by atoms with E-state index in [0.717, 1.165) is 84.4 Å². The number of fused-ring (bicyclic) bond motifs is 11. The summed E-state index contributed by atoms with van der Waals surface area (Å²) in [7, 11) is 0. The van der Waals surface area contributed by atoms with Crippen LogP contribution >= 0.6 is 0 Å². The zero-order chi connectivity index (χ0) is 34.2. The summed E-state index contributed by atoms with van der Waals surface area (Å²) in [5, 5.41) is 2.45. The first-order chi connectivity index (χ1) is 25.8. The Kier molecular flexibility index (Phi) is 6.10. The molecule has 1 atom stereocenters. The van der Waals surface area contributed by atoms with Crippen molar-refractivity contribution in [2.75, 3.05) is 0 Å². The molecule has 0 aliphatic carbocycles. The number of benzene rings is 6. The van der Waals surface area contributed by atoms with Crippen LogP contribution in [0.15, 0.2) is 176 Å². The summed E-state index contributed by atoms with van der Waals surface area (Å²) in [5.41, 5.74) is 10.9. The zero-order valence-electron chi connectivity index (χ0n) is 27.9. The molecule has 1 spiro atoms. The Morgan fingerprint density at radius 3 is 1.73 bits per heavy atom. The average molecular weight is 668 g/mol. The van der Waals surface area contributed by atoms with E-state index in [9.17, 15) is 0 Å². The molecule has 1 unspecified atom stereocenters. The maximum absolute atomic E-state index is 6.88. The van der Waals surface area contributed by atoms with E-state index < -0.39 is 5.41 Å². The number of pyridine rings is 2. The van der Waals surface area contributed by atoms with E-state index in [1.807, 2.05) is 42.7 Å². The molecule has 6 aromatic carbocycles. The molecule has 5 nitrogen and oxygen atoms in total. The van der Waals surface area contributed by atoms with Gasteiger partial charge in [-0.15, -0.1) is 0 Å². The van der Waals surface area contributed by atoms with Crippen molar-refractivity contribution in [1.29, 1.82) is 0 Å². The van der Waals surface area contributed by atoms with Gasteiger partial charge in [-0.2, -0.15) is 0 Å². The van der Waals surface area contributed by atoms with Gasteiger partial charge in [0.1, 0.15) is 23.0 Å². The van der Waals surface area contributed by atoms with Crippen molar-refractivity contribution >= 4 is 21.8 Å². The first kappa shape index (κ1) is 28.8. The molecule has 5 heteroatoms. The highest BCUT2D eigenvalue weighted by Gasteiger charge is 2.50. The van der Waals surface area contributed by atoms with Gasteiger partial charge in [0.05, 0.1) is 22.1 Å². The second-order valence-corrected chi connectivity index (χ2v) is 13.4. The number of para-hydroxylation sites is 4. The lowest BCUT2D eigenvalue weighted by Crippen LogP contribution is -2.36. The van der Waals surface area contributed by atoms with Crippen LogP contribution in [-0.2, 0) is 5.41 Å². The van der Waals surface area contributed by atoms with Crippen LogP contribution in [-0.4, -0.2) is 14.5 Å². The van der Waals surface area contributed by atoms with Crippen LogP contribution in [0, 0.1) is 0 Å². The second-order valence-electron chi connectivity index (χ2n) is 13.4. The van der Waals surface area contributed by atoms with Gasteiger partial charge in [0, 0.05) is 68.9 Å². The van der Waals surface area contributed by atoms with Crippen molar-refractivity contribution in [2.24, 2.45) is 0 Å². The predicted octanol–water partition coefficient (Wildman–Crippen LogP) is 11.5. The third kappa shape index (κ3) is 4.05. The van der Waals surface area contributed by atoms with Crippen LogP contribution in [0.3, 0.4) is 0 Å². The fourth-order valence-electron chi connectivity index (χ4n) is 8.46. The van der Waals surface area contributed by atoms with Crippen LogP contribution in [0.1, 0.15) is 22.3 Å². The maximum atomic E-state index is 6.88. The fraction of sp³-hybridized carbons (Fsp3) is 0.0213. The highest BCUT2D eigenvalue weighted by molar-refractivity contribution is 6.09. The van der Waals surface area contributed by atoms with Gasteiger partial charge in [-0.05, 0) is 71.8 Å². The van der Waals surface area contributed by atoms with Crippen LogP contribution in [0.25, 0.3) is 49.9 Å². The topological polar surface area (TPSA) is 49.2 Å². The fourth-order valence-corrected chi connectivity index (χ4v) is 8.46. The van der Waals surface area contributed by atoms with Gasteiger partial charge in [-0.3, -0.25) is 9.97 Å². The summed E-state index contributed by atoms with van der Waals surface area (Å²) in [6.07, 6.45) is 5.48. The van der Waals surface area contributed by atoms with Gasteiger partial charge >= 0.3 is 0 Å². The number of aromatic nitrogens is 3. The lowest BCUT2D eigenvalue weighted by molar-refractivity contribution is 0.399. The predicted molar refractivity (Wildman–Crippen MR) is 206 cm³/mol. The molecule has 5 heterocycles. The van der Waals surface area contributed by atoms with Gasteiger partial charge in [0.15, 0.2) is 0 Å². The Balaban J connectivity index is 1.14. The summed E-state index contributed by atoms with van der Waals surface area (Å²) in [6.45, 7) is 0. The van der Waals surface area contributed by atoms with E-state index in [1.165, 1.54) is 10.8 Å². The number of rotatable bonds is 3. The molecular weight excluding hydrogens is 639 g/mol. The smallest absolute Gasteiger partial charge is 0.134 e. The minimum Gasteiger partial charge on any atom is -0.457 e. The standard InChI is InChI=1S/C47H29N3O2/c1-5-15-41-34(11-1)35-12-2-6-16-42(35)50(41)33-20-22-39-46(28-33)52-44-18-8-4-14-37(44)47(39)36-13-3-7-17-43(36)51-45-27-30(19-21-38(45)47)31-23-25-49-40(26-31)32-10-9-24-48-29-32/h1-29H. The molecule has 52 heavy (non-hydrogen) atoms. The number of nitrogens with zero attached hydrogens (tertiary/aromatic N) is 3. The molecular formula is C47H29N3O2. The number of hydrogen-bond donors (Lipinski definition) is 0. The van der Waals surface area contributed by atoms with Crippen LogP contribution in [0.4, 0.5) is 0 Å². The van der Waals surface area contributed by atoms with Crippen LogP contribution < -0.4 is 9.47 Å². The lowest BCUT2D eigenvalue weighted by Gasteiger charge is -2.45. The summed E-state index contributed by atoms with van der Waals surface area (Å²) < 4.78 is 16.0. The molecule has 0 N–H and O–H groups in total. The largest absolute Gasteiger partial charge is 0.457 e. The Hall–Kier alpha value is -6.98. The van der Waals surface area contributed by atoms with E-state index in [1.54, 1.807) is 6.20 Å². The highest BCUT2D eigenvalue weighted by Crippen LogP contribution is 2.61. The molecule has 0 bridgehead atoms. The van der Waals surface area contributed by atoms with E-state index in [2.05, 4.69) is 142 Å². The molecule has 2 aliphatic heterocycles. The molecule has 244 valence electrons. The van der Waals surface area contributed by atoms with E-state index in [0.29, 0.717) is 0 Å². The zero-order valence-corrected chi connectivity index (χ0v) is 27.9. The minimum absolute atomic E-state index is 0.689. The molecule has 3 aromatic heterocycles. The highest BCUT2D eigenvalue weighted by atomic mass is 16.5. The molecule has 0 amide bonds. The quantitative estimate of drug-likeness (QED) is 0.188. The van der Waals surface area contributed by atoms with E-state index in [-0.39, 0.29) is 0 Å². The van der Waals surface area contributed by atoms with E-state index >= 15 is 0 Å². The first-order valence-corrected chi connectivity index (χ1v) is 17.5. The monoisotopic (exact) mass is 667 g/mol. The molecule has 0 radical (unpaired) electrons. The summed E-state index contributed by atoms with van der Waals surface area (Å²) in [6, 6.07) is 55.5. The number of ether oxygens (including phenoxy) is 2. The normalized spacial score (nSPS) is 15.3. The Morgan fingerprint density at radius 2 is 1.04 bits per heavy atom. The van der Waals surface area contributed by atoms with Crippen molar-refractivity contribution in [1.82, 2.24) is 14.5 Å². The van der Waals surface area contributed by atoms with Crippen LogP contribution in [0.2, 0.25) is 0 Å². The number of hydrogen-bond acceptors (Lipinski definition) is 4.